The van der Waals surface area contributed by atoms with Crippen molar-refractivity contribution in [1.29, 1.82) is 0 Å². The van der Waals surface area contributed by atoms with Gasteiger partial charge in [0.2, 0.25) is 5.91 Å². The van der Waals surface area contributed by atoms with Crippen molar-refractivity contribution in [3.63, 3.8) is 0 Å². The SMILES string of the molecule is CC(=O)Nc1cc(-c2[nH]c3cc(Cl)cnc3c2-c2cccc(NCCO)n2)ccn1. The summed E-state index contributed by atoms with van der Waals surface area (Å²) in [5.74, 6) is 0.890. The second-order valence-corrected chi connectivity index (χ2v) is 7.03. The Morgan fingerprint density at radius 2 is 2.07 bits per heavy atom. The number of anilines is 2. The van der Waals surface area contributed by atoms with Gasteiger partial charge in [-0.2, -0.15) is 0 Å². The molecule has 0 aliphatic carbocycles. The highest BCUT2D eigenvalue weighted by molar-refractivity contribution is 6.31. The molecule has 4 heterocycles. The van der Waals surface area contributed by atoms with Gasteiger partial charge in [-0.1, -0.05) is 17.7 Å². The lowest BCUT2D eigenvalue weighted by Gasteiger charge is -2.09. The Bertz CT molecular complexity index is 1220. The molecule has 0 aromatic carbocycles. The molecule has 0 atom stereocenters. The summed E-state index contributed by atoms with van der Waals surface area (Å²) >= 11 is 6.15. The molecule has 0 aliphatic rings. The van der Waals surface area contributed by atoms with Gasteiger partial charge in [-0.05, 0) is 30.3 Å². The maximum absolute atomic E-state index is 11.4. The summed E-state index contributed by atoms with van der Waals surface area (Å²) in [6.45, 7) is 1.84. The maximum Gasteiger partial charge on any atom is 0.222 e. The zero-order valence-electron chi connectivity index (χ0n) is 16.1. The molecule has 0 radical (unpaired) electrons. The van der Waals surface area contributed by atoms with Crippen LogP contribution in [0.1, 0.15) is 6.92 Å². The summed E-state index contributed by atoms with van der Waals surface area (Å²) in [7, 11) is 0. The predicted octanol–water partition coefficient (Wildman–Crippen LogP) is 3.70. The molecular formula is C21H19ClN6O2. The number of carbonyl (C=O) groups is 1. The van der Waals surface area contributed by atoms with E-state index < -0.39 is 0 Å². The normalized spacial score (nSPS) is 10.9. The van der Waals surface area contributed by atoms with E-state index in [2.05, 4.69) is 30.6 Å². The van der Waals surface area contributed by atoms with Crippen molar-refractivity contribution in [3.8, 4) is 22.5 Å². The molecule has 9 heteroatoms. The highest BCUT2D eigenvalue weighted by Gasteiger charge is 2.18. The van der Waals surface area contributed by atoms with Gasteiger partial charge in [-0.15, -0.1) is 0 Å². The Balaban J connectivity index is 1.90. The molecule has 0 fully saturated rings. The van der Waals surface area contributed by atoms with Crippen LogP contribution in [0.5, 0.6) is 0 Å². The number of hydrogen-bond donors (Lipinski definition) is 4. The lowest BCUT2D eigenvalue weighted by Crippen LogP contribution is -2.07. The third kappa shape index (κ3) is 4.10. The topological polar surface area (TPSA) is 116 Å². The molecule has 1 amide bonds. The lowest BCUT2D eigenvalue weighted by atomic mass is 10.0. The van der Waals surface area contributed by atoms with Crippen molar-refractivity contribution < 1.29 is 9.90 Å². The van der Waals surface area contributed by atoms with E-state index in [1.54, 1.807) is 24.5 Å². The fourth-order valence-corrected chi connectivity index (χ4v) is 3.36. The molecule has 8 nitrogen and oxygen atoms in total. The van der Waals surface area contributed by atoms with Crippen LogP contribution in [0.15, 0.2) is 48.8 Å². The Hall–Kier alpha value is -3.49. The molecule has 0 aliphatic heterocycles. The molecule has 4 N–H and O–H groups in total. The number of nitrogens with zero attached hydrogens (tertiary/aromatic N) is 3. The Morgan fingerprint density at radius 1 is 1.20 bits per heavy atom. The van der Waals surface area contributed by atoms with Crippen molar-refractivity contribution in [1.82, 2.24) is 19.9 Å². The smallest absolute Gasteiger partial charge is 0.222 e. The number of hydrogen-bond acceptors (Lipinski definition) is 6. The maximum atomic E-state index is 11.4. The van der Waals surface area contributed by atoms with E-state index in [0.717, 1.165) is 27.9 Å². The zero-order chi connectivity index (χ0) is 21.1. The minimum absolute atomic E-state index is 0.00718. The Morgan fingerprint density at radius 3 is 2.87 bits per heavy atom. The predicted molar refractivity (Wildman–Crippen MR) is 117 cm³/mol. The van der Waals surface area contributed by atoms with Gasteiger partial charge < -0.3 is 20.7 Å². The van der Waals surface area contributed by atoms with E-state index in [1.165, 1.54) is 6.92 Å². The summed E-state index contributed by atoms with van der Waals surface area (Å²) in [5, 5.41) is 15.4. The van der Waals surface area contributed by atoms with Gasteiger partial charge in [-0.25, -0.2) is 9.97 Å². The minimum atomic E-state index is -0.200. The third-order valence-electron chi connectivity index (χ3n) is 4.38. The number of nitrogens with one attached hydrogen (secondary N) is 3. The number of aromatic amines is 1. The number of amides is 1. The molecule has 0 bridgehead atoms. The number of halogens is 1. The lowest BCUT2D eigenvalue weighted by molar-refractivity contribution is -0.114. The highest BCUT2D eigenvalue weighted by Crippen LogP contribution is 2.37. The number of fused-ring (bicyclic) bond motifs is 1. The van der Waals surface area contributed by atoms with Crippen LogP contribution >= 0.6 is 11.6 Å². The Kier molecular flexibility index (Phi) is 5.60. The largest absolute Gasteiger partial charge is 0.395 e. The van der Waals surface area contributed by atoms with Crippen molar-refractivity contribution in [2.75, 3.05) is 23.8 Å². The van der Waals surface area contributed by atoms with Crippen LogP contribution in [0.25, 0.3) is 33.5 Å². The van der Waals surface area contributed by atoms with Gasteiger partial charge in [0, 0.05) is 31.4 Å². The average Bonchev–Trinajstić information content (AvgIpc) is 3.11. The molecule has 4 aromatic heterocycles. The molecular weight excluding hydrogens is 404 g/mol. The van der Waals surface area contributed by atoms with Gasteiger partial charge in [0.05, 0.1) is 39.6 Å². The van der Waals surface area contributed by atoms with Crippen LogP contribution in [0.4, 0.5) is 11.6 Å². The van der Waals surface area contributed by atoms with Crippen molar-refractivity contribution in [2.24, 2.45) is 0 Å². The summed E-state index contributed by atoms with van der Waals surface area (Å²) in [5.41, 5.74) is 4.58. The fraction of sp³-hybridized carbons (Fsp3) is 0.143. The second kappa shape index (κ2) is 8.48. The monoisotopic (exact) mass is 422 g/mol. The first-order valence-corrected chi connectivity index (χ1v) is 9.66. The summed E-state index contributed by atoms with van der Waals surface area (Å²) in [6.07, 6.45) is 3.22. The van der Waals surface area contributed by atoms with Crippen LogP contribution in [0.2, 0.25) is 5.02 Å². The number of aliphatic hydroxyl groups is 1. The number of aromatic nitrogens is 4. The minimum Gasteiger partial charge on any atom is -0.395 e. The van der Waals surface area contributed by atoms with Crippen LogP contribution in [-0.4, -0.2) is 44.1 Å². The summed E-state index contributed by atoms with van der Waals surface area (Å²) in [6, 6.07) is 11.0. The fourth-order valence-electron chi connectivity index (χ4n) is 3.21. The number of rotatable bonds is 6. The number of carbonyl (C=O) groups excluding carboxylic acids is 1. The zero-order valence-corrected chi connectivity index (χ0v) is 16.9. The van der Waals surface area contributed by atoms with Crippen molar-refractivity contribution >= 4 is 40.2 Å². The van der Waals surface area contributed by atoms with Gasteiger partial charge in [0.25, 0.3) is 0 Å². The summed E-state index contributed by atoms with van der Waals surface area (Å²) < 4.78 is 0. The molecule has 152 valence electrons. The molecule has 0 spiro atoms. The molecule has 0 saturated heterocycles. The molecule has 30 heavy (non-hydrogen) atoms. The molecule has 4 rings (SSSR count). The molecule has 4 aromatic rings. The van der Waals surface area contributed by atoms with Gasteiger partial charge in [0.15, 0.2) is 0 Å². The molecule has 0 saturated carbocycles. The van der Waals surface area contributed by atoms with Crippen molar-refractivity contribution in [3.05, 3.63) is 53.8 Å². The summed E-state index contributed by atoms with van der Waals surface area (Å²) in [4.78, 5) is 28.2. The van der Waals surface area contributed by atoms with E-state index >= 15 is 0 Å². The first-order valence-electron chi connectivity index (χ1n) is 9.28. The van der Waals surface area contributed by atoms with Crippen LogP contribution in [0.3, 0.4) is 0 Å². The molecule has 0 unspecified atom stereocenters. The second-order valence-electron chi connectivity index (χ2n) is 6.59. The van der Waals surface area contributed by atoms with E-state index in [9.17, 15) is 4.79 Å². The number of aliphatic hydroxyl groups excluding tert-OH is 1. The van der Waals surface area contributed by atoms with Crippen LogP contribution < -0.4 is 10.6 Å². The average molecular weight is 423 g/mol. The first-order chi connectivity index (χ1) is 14.5. The van der Waals surface area contributed by atoms with Gasteiger partial charge >= 0.3 is 0 Å². The van der Waals surface area contributed by atoms with Gasteiger partial charge in [0.1, 0.15) is 11.6 Å². The van der Waals surface area contributed by atoms with Crippen LogP contribution in [-0.2, 0) is 4.79 Å². The quantitative estimate of drug-likeness (QED) is 0.376. The van der Waals surface area contributed by atoms with Crippen molar-refractivity contribution in [2.45, 2.75) is 6.92 Å². The van der Waals surface area contributed by atoms with E-state index in [0.29, 0.717) is 28.9 Å². The highest BCUT2D eigenvalue weighted by atomic mass is 35.5. The first kappa shape index (κ1) is 19.8. The van der Waals surface area contributed by atoms with Gasteiger partial charge in [-0.3, -0.25) is 9.78 Å². The van der Waals surface area contributed by atoms with Crippen LogP contribution in [0, 0.1) is 0 Å². The number of pyridine rings is 3. The third-order valence-corrected chi connectivity index (χ3v) is 4.58. The van der Waals surface area contributed by atoms with E-state index in [-0.39, 0.29) is 12.5 Å². The van der Waals surface area contributed by atoms with E-state index in [4.69, 9.17) is 16.7 Å². The van der Waals surface area contributed by atoms with E-state index in [1.807, 2.05) is 24.3 Å². The number of H-pyrrole nitrogens is 1. The Labute approximate surface area is 177 Å². The standard InChI is InChI=1S/C21H19ClN6O2/c1-12(30)26-18-9-13(5-6-23-18)20-19(21-16(28-20)10-14(22)11-25-21)15-3-2-4-17(27-15)24-7-8-29/h2-6,9-11,28-29H,7-8H2,1H3,(H,24,27)(H,23,26,30).